The number of hydrogen-bond donors (Lipinski definition) is 1. The zero-order valence-corrected chi connectivity index (χ0v) is 22.3. The second kappa shape index (κ2) is 8.23. The first-order valence-electron chi connectivity index (χ1n) is 13.8. The molecule has 0 unspecified atom stereocenters. The molecule has 1 N–H and O–H groups in total. The first-order chi connectivity index (χ1) is 15.3. The van der Waals surface area contributed by atoms with Crippen molar-refractivity contribution in [1.29, 1.82) is 0 Å². The fourth-order valence-electron chi connectivity index (χ4n) is 9.54. The maximum atomic E-state index is 12.8. The first kappa shape index (κ1) is 25.0. The van der Waals surface area contributed by atoms with Crippen LogP contribution in [-0.2, 0) is 9.59 Å². The minimum atomic E-state index is -0.662. The molecule has 0 aromatic heterocycles. The number of hydrogen-bond acceptors (Lipinski definition) is 2. The van der Waals surface area contributed by atoms with E-state index >= 15 is 0 Å². The van der Waals surface area contributed by atoms with E-state index in [9.17, 15) is 14.7 Å². The van der Waals surface area contributed by atoms with Crippen molar-refractivity contribution in [2.75, 3.05) is 0 Å². The van der Waals surface area contributed by atoms with E-state index in [1.165, 1.54) is 25.7 Å². The van der Waals surface area contributed by atoms with Gasteiger partial charge in [-0.3, -0.25) is 9.59 Å². The molecule has 0 spiro atoms. The van der Waals surface area contributed by atoms with Crippen molar-refractivity contribution in [3.8, 4) is 0 Å². The van der Waals surface area contributed by atoms with Gasteiger partial charge in [-0.1, -0.05) is 73.0 Å². The van der Waals surface area contributed by atoms with Crippen molar-refractivity contribution in [2.24, 2.45) is 51.2 Å². The molecule has 0 amide bonds. The van der Waals surface area contributed by atoms with Crippen molar-refractivity contribution in [3.05, 3.63) is 11.6 Å². The lowest BCUT2D eigenvalue weighted by Gasteiger charge is -2.63. The van der Waals surface area contributed by atoms with E-state index in [1.807, 2.05) is 6.92 Å². The summed E-state index contributed by atoms with van der Waals surface area (Å²) in [4.78, 5) is 24.0. The predicted molar refractivity (Wildman–Crippen MR) is 134 cm³/mol. The van der Waals surface area contributed by atoms with Gasteiger partial charge in [0.05, 0.1) is 5.92 Å². The van der Waals surface area contributed by atoms with Gasteiger partial charge in [-0.25, -0.2) is 0 Å². The third-order valence-corrected chi connectivity index (χ3v) is 12.1. The number of carboxylic acid groups (broad SMARTS) is 1. The van der Waals surface area contributed by atoms with Crippen LogP contribution < -0.4 is 0 Å². The Balaban J connectivity index is 1.56. The van der Waals surface area contributed by atoms with Crippen LogP contribution in [0.15, 0.2) is 11.6 Å². The van der Waals surface area contributed by atoms with Gasteiger partial charge >= 0.3 is 5.97 Å². The monoisotopic (exact) mass is 456 g/mol. The fraction of sp³-hybridized carbons (Fsp3) is 0.867. The summed E-state index contributed by atoms with van der Waals surface area (Å²) in [5.41, 5.74) is 2.40. The molecule has 3 nitrogen and oxygen atoms in total. The predicted octanol–water partition coefficient (Wildman–Crippen LogP) is 7.69. The van der Waals surface area contributed by atoms with E-state index in [0.717, 1.165) is 44.4 Å². The zero-order chi connectivity index (χ0) is 24.4. The van der Waals surface area contributed by atoms with Crippen LogP contribution in [0.5, 0.6) is 0 Å². The van der Waals surface area contributed by atoms with Gasteiger partial charge in [-0.05, 0) is 84.9 Å². The average Bonchev–Trinajstić information content (AvgIpc) is 3.02. The first-order valence-corrected chi connectivity index (χ1v) is 13.8. The lowest BCUT2D eigenvalue weighted by Crippen LogP contribution is -2.57. The molecule has 3 fully saturated rings. The maximum absolute atomic E-state index is 12.8. The highest BCUT2D eigenvalue weighted by Crippen LogP contribution is 2.73. The molecule has 0 radical (unpaired) electrons. The Hall–Kier alpha value is -1.12. The minimum absolute atomic E-state index is 0.198. The number of allylic oxidation sites excluding steroid dienone is 2. The van der Waals surface area contributed by atoms with Gasteiger partial charge in [0.2, 0.25) is 0 Å². The van der Waals surface area contributed by atoms with Gasteiger partial charge in [0.15, 0.2) is 0 Å². The van der Waals surface area contributed by atoms with Crippen LogP contribution in [0.3, 0.4) is 0 Å². The Labute approximate surface area is 202 Å². The Kier molecular flexibility index (Phi) is 6.23. The molecular formula is C30H48O3. The SMILES string of the molecule is C[C@@H](CCC[C@H](C)[C@@H]1CC[C@]2(C)C3=CC[C@@H]4C(C)(C)C(=O)CC[C@]4(C)[C@H]3CC[C@@]12C)C(=O)O. The summed E-state index contributed by atoms with van der Waals surface area (Å²) >= 11 is 0. The van der Waals surface area contributed by atoms with Gasteiger partial charge in [-0.15, -0.1) is 0 Å². The van der Waals surface area contributed by atoms with Crippen LogP contribution in [0.4, 0.5) is 0 Å². The number of aliphatic carboxylic acids is 1. The second-order valence-electron chi connectivity index (χ2n) is 13.7. The van der Waals surface area contributed by atoms with E-state index in [4.69, 9.17) is 0 Å². The van der Waals surface area contributed by atoms with Gasteiger partial charge in [-0.2, -0.15) is 0 Å². The summed E-state index contributed by atoms with van der Waals surface area (Å²) in [7, 11) is 0. The number of carbonyl (C=O) groups is 2. The molecule has 8 atom stereocenters. The quantitative estimate of drug-likeness (QED) is 0.417. The highest BCUT2D eigenvalue weighted by molar-refractivity contribution is 5.85. The smallest absolute Gasteiger partial charge is 0.306 e. The van der Waals surface area contributed by atoms with Crippen LogP contribution >= 0.6 is 0 Å². The van der Waals surface area contributed by atoms with E-state index < -0.39 is 5.97 Å². The maximum Gasteiger partial charge on any atom is 0.306 e. The Morgan fingerprint density at radius 1 is 1.06 bits per heavy atom. The number of fused-ring (bicyclic) bond motifs is 5. The second-order valence-corrected chi connectivity index (χ2v) is 13.7. The lowest BCUT2D eigenvalue weighted by atomic mass is 9.41. The molecule has 0 aliphatic heterocycles. The number of ketones is 1. The molecule has 0 heterocycles. The molecule has 0 aromatic rings. The highest BCUT2D eigenvalue weighted by atomic mass is 16.4. The molecule has 4 rings (SSSR count). The van der Waals surface area contributed by atoms with E-state index in [-0.39, 0.29) is 22.2 Å². The molecule has 0 saturated heterocycles. The van der Waals surface area contributed by atoms with Crippen molar-refractivity contribution in [1.82, 2.24) is 0 Å². The number of carboxylic acids is 1. The molecule has 0 bridgehead atoms. The standard InChI is InChI=1S/C30H48O3/c1-19(9-8-10-20(2)26(32)33)21-13-17-30(7)23-11-12-24-27(3,4)25(31)15-16-28(24,5)22(23)14-18-29(21,30)6/h11,19-22,24H,8-10,12-18H2,1-7H3,(H,32,33)/t19-,20-,21-,22-,24+,28+,29-,30+/m0/s1. The van der Waals surface area contributed by atoms with Crippen molar-refractivity contribution in [2.45, 2.75) is 113 Å². The molecule has 4 aliphatic carbocycles. The van der Waals surface area contributed by atoms with Crippen molar-refractivity contribution < 1.29 is 14.7 Å². The summed E-state index contributed by atoms with van der Waals surface area (Å²) < 4.78 is 0. The molecule has 3 heteroatoms. The van der Waals surface area contributed by atoms with E-state index in [2.05, 4.69) is 47.6 Å². The Morgan fingerprint density at radius 2 is 1.76 bits per heavy atom. The van der Waals surface area contributed by atoms with E-state index in [1.54, 1.807) is 5.57 Å². The summed E-state index contributed by atoms with van der Waals surface area (Å²) in [5, 5.41) is 9.22. The topological polar surface area (TPSA) is 54.4 Å². The highest BCUT2D eigenvalue weighted by Gasteiger charge is 2.65. The minimum Gasteiger partial charge on any atom is -0.481 e. The van der Waals surface area contributed by atoms with Crippen molar-refractivity contribution in [3.63, 3.8) is 0 Å². The molecule has 4 aliphatic rings. The zero-order valence-electron chi connectivity index (χ0n) is 22.3. The van der Waals surface area contributed by atoms with Crippen LogP contribution in [-0.4, -0.2) is 16.9 Å². The third-order valence-electron chi connectivity index (χ3n) is 12.1. The van der Waals surface area contributed by atoms with Gasteiger partial charge in [0.1, 0.15) is 5.78 Å². The van der Waals surface area contributed by atoms with Crippen LogP contribution in [0.25, 0.3) is 0 Å². The lowest BCUT2D eigenvalue weighted by molar-refractivity contribution is -0.146. The molecular weight excluding hydrogens is 408 g/mol. The molecule has 33 heavy (non-hydrogen) atoms. The van der Waals surface area contributed by atoms with Crippen LogP contribution in [0.1, 0.15) is 113 Å². The van der Waals surface area contributed by atoms with E-state index in [0.29, 0.717) is 29.0 Å². The summed E-state index contributed by atoms with van der Waals surface area (Å²) in [5.74, 6) is 2.05. The average molecular weight is 457 g/mol. The summed E-state index contributed by atoms with van der Waals surface area (Å²) in [6.45, 7) is 16.4. The van der Waals surface area contributed by atoms with Gasteiger partial charge in [0, 0.05) is 11.8 Å². The molecule has 0 aromatic carbocycles. The number of carbonyl (C=O) groups excluding carboxylic acids is 1. The fourth-order valence-corrected chi connectivity index (χ4v) is 9.54. The molecule has 3 saturated carbocycles. The number of Topliss-reactive ketones (excluding diaryl/α,β-unsaturated/α-hetero) is 1. The van der Waals surface area contributed by atoms with Crippen LogP contribution in [0.2, 0.25) is 0 Å². The summed E-state index contributed by atoms with van der Waals surface area (Å²) in [6.07, 6.45) is 13.6. The third kappa shape index (κ3) is 3.57. The van der Waals surface area contributed by atoms with Gasteiger partial charge < -0.3 is 5.11 Å². The van der Waals surface area contributed by atoms with Crippen LogP contribution in [0, 0.1) is 51.2 Å². The Bertz CT molecular complexity index is 839. The largest absolute Gasteiger partial charge is 0.481 e. The number of rotatable bonds is 6. The molecule has 186 valence electrons. The normalized spacial score (nSPS) is 43.7. The summed E-state index contributed by atoms with van der Waals surface area (Å²) in [6, 6.07) is 0. The van der Waals surface area contributed by atoms with Crippen molar-refractivity contribution >= 4 is 11.8 Å². The van der Waals surface area contributed by atoms with Gasteiger partial charge in [0.25, 0.3) is 0 Å². The Morgan fingerprint density at radius 3 is 2.42 bits per heavy atom.